The summed E-state index contributed by atoms with van der Waals surface area (Å²) >= 11 is 3.38. The number of aromatic nitrogens is 3. The molecule has 0 radical (unpaired) electrons. The quantitative estimate of drug-likeness (QED) is 0.843. The Morgan fingerprint density at radius 1 is 1.55 bits per heavy atom. The fourth-order valence-electron chi connectivity index (χ4n) is 2.63. The molecule has 2 aromatic heterocycles. The molecule has 0 saturated carbocycles. The van der Waals surface area contributed by atoms with Crippen molar-refractivity contribution in [1.82, 2.24) is 19.8 Å². The van der Waals surface area contributed by atoms with Crippen LogP contribution in [-0.4, -0.2) is 32.3 Å². The zero-order valence-electron chi connectivity index (χ0n) is 11.3. The summed E-state index contributed by atoms with van der Waals surface area (Å²) in [6.07, 6.45) is 3.50. The van der Waals surface area contributed by atoms with Crippen molar-refractivity contribution in [2.45, 2.75) is 25.8 Å². The number of likely N-dealkylation sites (tertiary alicyclic amines) is 1. The molecule has 0 aliphatic carbocycles. The summed E-state index contributed by atoms with van der Waals surface area (Å²) < 4.78 is 7.63. The molecule has 0 unspecified atom stereocenters. The van der Waals surface area contributed by atoms with Gasteiger partial charge in [-0.05, 0) is 35.7 Å². The smallest absolute Gasteiger partial charge is 0.273 e. The van der Waals surface area contributed by atoms with Gasteiger partial charge in [0.1, 0.15) is 5.69 Å². The van der Waals surface area contributed by atoms with Crippen molar-refractivity contribution in [3.63, 3.8) is 0 Å². The van der Waals surface area contributed by atoms with Gasteiger partial charge < -0.3 is 9.42 Å². The largest absolute Gasteiger partial charge is 0.359 e. The van der Waals surface area contributed by atoms with E-state index in [2.05, 4.69) is 26.2 Å². The predicted octanol–water partition coefficient (Wildman–Crippen LogP) is 2.46. The Morgan fingerprint density at radius 3 is 2.95 bits per heavy atom. The number of carbonyl (C=O) groups is 1. The second-order valence-electron chi connectivity index (χ2n) is 4.99. The van der Waals surface area contributed by atoms with Crippen LogP contribution >= 0.6 is 15.9 Å². The van der Waals surface area contributed by atoms with Crippen molar-refractivity contribution >= 4 is 21.8 Å². The first-order valence-corrected chi connectivity index (χ1v) is 7.29. The molecule has 1 aliphatic rings. The third-order valence-corrected chi connectivity index (χ3v) is 4.17. The van der Waals surface area contributed by atoms with Gasteiger partial charge in [0.15, 0.2) is 5.76 Å². The molecule has 106 valence electrons. The number of hydrogen-bond acceptors (Lipinski definition) is 4. The van der Waals surface area contributed by atoms with Gasteiger partial charge in [0.25, 0.3) is 5.91 Å². The molecule has 6 nitrogen and oxygen atoms in total. The average molecular weight is 339 g/mol. The van der Waals surface area contributed by atoms with Gasteiger partial charge >= 0.3 is 0 Å². The van der Waals surface area contributed by atoms with E-state index in [-0.39, 0.29) is 11.9 Å². The molecule has 0 N–H and O–H groups in total. The summed E-state index contributed by atoms with van der Waals surface area (Å²) in [7, 11) is 1.77. The Balaban J connectivity index is 1.91. The van der Waals surface area contributed by atoms with Crippen molar-refractivity contribution in [2.24, 2.45) is 7.05 Å². The number of carbonyl (C=O) groups excluding carboxylic acids is 1. The standard InChI is InChI=1S/C13H15BrN4O2/c1-8-6-11(20-16-8)10-4-3-5-18(10)13(19)12-9(14)7-15-17(12)2/h6-7,10H,3-5H2,1-2H3/t10-/m0/s1. The normalized spacial score (nSPS) is 18.8. The second-order valence-corrected chi connectivity index (χ2v) is 5.85. The van der Waals surface area contributed by atoms with Gasteiger partial charge in [-0.2, -0.15) is 5.10 Å². The van der Waals surface area contributed by atoms with Gasteiger partial charge in [-0.1, -0.05) is 5.16 Å². The van der Waals surface area contributed by atoms with Crippen LogP contribution in [0.15, 0.2) is 21.3 Å². The van der Waals surface area contributed by atoms with Crippen molar-refractivity contribution in [2.75, 3.05) is 6.54 Å². The molecule has 3 heterocycles. The highest BCUT2D eigenvalue weighted by Gasteiger charge is 2.35. The number of nitrogens with zero attached hydrogens (tertiary/aromatic N) is 4. The average Bonchev–Trinajstić information content (AvgIpc) is 3.09. The molecule has 3 rings (SSSR count). The minimum atomic E-state index is -0.0366. The summed E-state index contributed by atoms with van der Waals surface area (Å²) in [6.45, 7) is 2.60. The Bertz CT molecular complexity index is 629. The molecule has 2 aromatic rings. The van der Waals surface area contributed by atoms with E-state index >= 15 is 0 Å². The van der Waals surface area contributed by atoms with Crippen LogP contribution in [0.1, 0.15) is 40.8 Å². The zero-order chi connectivity index (χ0) is 14.3. The molecule has 1 atom stereocenters. The summed E-state index contributed by atoms with van der Waals surface area (Å²) in [5.74, 6) is 0.722. The Labute approximate surface area is 124 Å². The zero-order valence-corrected chi connectivity index (χ0v) is 12.9. The lowest BCUT2D eigenvalue weighted by atomic mass is 10.1. The van der Waals surface area contributed by atoms with Gasteiger partial charge in [0.05, 0.1) is 22.4 Å². The van der Waals surface area contributed by atoms with Crippen molar-refractivity contribution in [3.05, 3.63) is 33.9 Å². The summed E-state index contributed by atoms with van der Waals surface area (Å²) in [6, 6.07) is 1.86. The Kier molecular flexibility index (Phi) is 3.37. The van der Waals surface area contributed by atoms with E-state index in [0.717, 1.165) is 30.8 Å². The molecular weight excluding hydrogens is 324 g/mol. The van der Waals surface area contributed by atoms with Gasteiger partial charge in [-0.3, -0.25) is 9.48 Å². The molecular formula is C13H15BrN4O2. The van der Waals surface area contributed by atoms with Gasteiger partial charge in [-0.15, -0.1) is 0 Å². The van der Waals surface area contributed by atoms with Crippen LogP contribution in [0.5, 0.6) is 0 Å². The molecule has 0 aromatic carbocycles. The maximum absolute atomic E-state index is 12.7. The van der Waals surface area contributed by atoms with Crippen LogP contribution in [0.4, 0.5) is 0 Å². The van der Waals surface area contributed by atoms with Gasteiger partial charge in [0, 0.05) is 19.7 Å². The maximum atomic E-state index is 12.7. The molecule has 1 aliphatic heterocycles. The molecule has 0 bridgehead atoms. The van der Waals surface area contributed by atoms with E-state index in [0.29, 0.717) is 10.2 Å². The van der Waals surface area contributed by atoms with E-state index in [1.54, 1.807) is 17.9 Å². The summed E-state index contributed by atoms with van der Waals surface area (Å²) in [5.41, 5.74) is 1.40. The van der Waals surface area contributed by atoms with Crippen LogP contribution in [0.2, 0.25) is 0 Å². The van der Waals surface area contributed by atoms with E-state index in [4.69, 9.17) is 4.52 Å². The number of halogens is 1. The molecule has 0 spiro atoms. The summed E-state index contributed by atoms with van der Waals surface area (Å²) in [4.78, 5) is 14.5. The third-order valence-electron chi connectivity index (χ3n) is 3.58. The monoisotopic (exact) mass is 338 g/mol. The van der Waals surface area contributed by atoms with Crippen LogP contribution in [0, 0.1) is 6.92 Å². The van der Waals surface area contributed by atoms with E-state index in [1.165, 1.54) is 0 Å². The SMILES string of the molecule is Cc1cc([C@@H]2CCCN2C(=O)c2c(Br)cnn2C)on1. The number of rotatable bonds is 2. The van der Waals surface area contributed by atoms with E-state index < -0.39 is 0 Å². The fraction of sp³-hybridized carbons (Fsp3) is 0.462. The number of hydrogen-bond donors (Lipinski definition) is 0. The van der Waals surface area contributed by atoms with Gasteiger partial charge in [0.2, 0.25) is 0 Å². The topological polar surface area (TPSA) is 64.2 Å². The lowest BCUT2D eigenvalue weighted by Gasteiger charge is -2.22. The number of aryl methyl sites for hydroxylation is 2. The Morgan fingerprint density at radius 2 is 2.35 bits per heavy atom. The molecule has 1 fully saturated rings. The van der Waals surface area contributed by atoms with Crippen molar-refractivity contribution in [1.29, 1.82) is 0 Å². The fourth-order valence-corrected chi connectivity index (χ4v) is 3.15. The van der Waals surface area contributed by atoms with Crippen LogP contribution in [0.25, 0.3) is 0 Å². The molecule has 7 heteroatoms. The second kappa shape index (κ2) is 5.05. The van der Waals surface area contributed by atoms with Crippen LogP contribution in [-0.2, 0) is 7.05 Å². The molecule has 20 heavy (non-hydrogen) atoms. The first kappa shape index (κ1) is 13.4. The maximum Gasteiger partial charge on any atom is 0.273 e. The Hall–Kier alpha value is -1.63. The van der Waals surface area contributed by atoms with Crippen molar-refractivity contribution < 1.29 is 9.32 Å². The van der Waals surface area contributed by atoms with Crippen LogP contribution in [0.3, 0.4) is 0 Å². The summed E-state index contributed by atoms with van der Waals surface area (Å²) in [5, 5.41) is 8.01. The highest BCUT2D eigenvalue weighted by molar-refractivity contribution is 9.10. The highest BCUT2D eigenvalue weighted by Crippen LogP contribution is 2.34. The molecule has 1 saturated heterocycles. The first-order valence-electron chi connectivity index (χ1n) is 6.49. The highest BCUT2D eigenvalue weighted by atomic mass is 79.9. The van der Waals surface area contributed by atoms with E-state index in [1.807, 2.05) is 17.9 Å². The lowest BCUT2D eigenvalue weighted by molar-refractivity contribution is 0.0702. The minimum Gasteiger partial charge on any atom is -0.359 e. The minimum absolute atomic E-state index is 0.0339. The van der Waals surface area contributed by atoms with Gasteiger partial charge in [-0.25, -0.2) is 0 Å². The van der Waals surface area contributed by atoms with Crippen molar-refractivity contribution in [3.8, 4) is 0 Å². The van der Waals surface area contributed by atoms with E-state index in [9.17, 15) is 4.79 Å². The molecule has 1 amide bonds. The first-order chi connectivity index (χ1) is 9.58. The number of amides is 1. The lowest BCUT2D eigenvalue weighted by Crippen LogP contribution is -2.32. The third kappa shape index (κ3) is 2.15. The van der Waals surface area contributed by atoms with Crippen LogP contribution < -0.4 is 0 Å². The predicted molar refractivity (Wildman–Crippen MR) is 75.2 cm³/mol.